The van der Waals surface area contributed by atoms with Gasteiger partial charge in [0.25, 0.3) is 0 Å². The number of carbonyl (C=O) groups is 1. The highest BCUT2D eigenvalue weighted by molar-refractivity contribution is 6.03. The third kappa shape index (κ3) is 1.26. The molecular weight excluding hydrogens is 164 g/mol. The number of carbonyl (C=O) groups excluding carboxylic acids is 1. The van der Waals surface area contributed by atoms with Crippen LogP contribution < -0.4 is 10.6 Å². The number of nitrogens with one attached hydrogen (secondary N) is 2. The van der Waals surface area contributed by atoms with E-state index in [4.69, 9.17) is 0 Å². The van der Waals surface area contributed by atoms with Crippen LogP contribution in [-0.4, -0.2) is 11.9 Å². The van der Waals surface area contributed by atoms with E-state index in [9.17, 15) is 4.79 Å². The Kier molecular flexibility index (Phi) is 1.72. The molecule has 0 bridgehead atoms. The summed E-state index contributed by atoms with van der Waals surface area (Å²) in [6.07, 6.45) is 0. The van der Waals surface area contributed by atoms with Crippen LogP contribution >= 0.6 is 0 Å². The van der Waals surface area contributed by atoms with E-state index in [1.54, 1.807) is 0 Å². The zero-order valence-corrected chi connectivity index (χ0v) is 7.72. The molecule has 0 spiro atoms. The summed E-state index contributed by atoms with van der Waals surface area (Å²) in [6.45, 7) is 3.88. The number of amides is 1. The van der Waals surface area contributed by atoms with Crippen LogP contribution in [0.1, 0.15) is 12.5 Å². The van der Waals surface area contributed by atoms with E-state index < -0.39 is 0 Å². The Morgan fingerprint density at radius 2 is 2.15 bits per heavy atom. The molecule has 2 rings (SSSR count). The first-order chi connectivity index (χ1) is 6.18. The van der Waals surface area contributed by atoms with Crippen molar-refractivity contribution in [2.24, 2.45) is 0 Å². The quantitative estimate of drug-likeness (QED) is 0.632. The highest BCUT2D eigenvalue weighted by Gasteiger charge is 2.21. The van der Waals surface area contributed by atoms with Gasteiger partial charge in [-0.15, -0.1) is 0 Å². The Balaban J connectivity index is 2.48. The molecule has 0 unspecified atom stereocenters. The summed E-state index contributed by atoms with van der Waals surface area (Å²) >= 11 is 0. The SMILES string of the molecule is Cc1cccc2c1N[C@@H](C)C(=O)N2. The highest BCUT2D eigenvalue weighted by Crippen LogP contribution is 2.29. The van der Waals surface area contributed by atoms with E-state index in [-0.39, 0.29) is 11.9 Å². The third-order valence-corrected chi connectivity index (χ3v) is 2.28. The van der Waals surface area contributed by atoms with Gasteiger partial charge in [0.05, 0.1) is 11.4 Å². The highest BCUT2D eigenvalue weighted by atomic mass is 16.2. The Morgan fingerprint density at radius 3 is 2.92 bits per heavy atom. The smallest absolute Gasteiger partial charge is 0.246 e. The molecule has 1 atom stereocenters. The van der Waals surface area contributed by atoms with Crippen LogP contribution in [0.15, 0.2) is 18.2 Å². The maximum Gasteiger partial charge on any atom is 0.246 e. The van der Waals surface area contributed by atoms with Crippen molar-refractivity contribution in [2.75, 3.05) is 10.6 Å². The summed E-state index contributed by atoms with van der Waals surface area (Å²) in [5.74, 6) is 0.0260. The first-order valence-corrected chi connectivity index (χ1v) is 4.35. The molecule has 1 aliphatic heterocycles. The van der Waals surface area contributed by atoms with Crippen molar-refractivity contribution in [3.8, 4) is 0 Å². The van der Waals surface area contributed by atoms with E-state index in [0.29, 0.717) is 0 Å². The summed E-state index contributed by atoms with van der Waals surface area (Å²) in [4.78, 5) is 11.3. The van der Waals surface area contributed by atoms with Crippen LogP contribution in [0.5, 0.6) is 0 Å². The maximum absolute atomic E-state index is 11.3. The molecule has 1 aromatic rings. The molecule has 3 heteroatoms. The predicted octanol–water partition coefficient (Wildman–Crippen LogP) is 1.75. The lowest BCUT2D eigenvalue weighted by Crippen LogP contribution is -2.36. The van der Waals surface area contributed by atoms with Crippen molar-refractivity contribution >= 4 is 17.3 Å². The van der Waals surface area contributed by atoms with Gasteiger partial charge in [-0.3, -0.25) is 4.79 Å². The van der Waals surface area contributed by atoms with E-state index >= 15 is 0 Å². The Hall–Kier alpha value is -1.51. The fourth-order valence-electron chi connectivity index (χ4n) is 1.49. The van der Waals surface area contributed by atoms with Crippen LogP contribution in [0.25, 0.3) is 0 Å². The average Bonchev–Trinajstić information content (AvgIpc) is 2.09. The topological polar surface area (TPSA) is 41.1 Å². The van der Waals surface area contributed by atoms with Gasteiger partial charge < -0.3 is 10.6 Å². The lowest BCUT2D eigenvalue weighted by atomic mass is 10.1. The molecule has 1 aromatic carbocycles. The van der Waals surface area contributed by atoms with Gasteiger partial charge in [0.2, 0.25) is 5.91 Å². The van der Waals surface area contributed by atoms with E-state index in [1.165, 1.54) is 0 Å². The summed E-state index contributed by atoms with van der Waals surface area (Å²) in [7, 11) is 0. The second kappa shape index (κ2) is 2.76. The molecule has 68 valence electrons. The zero-order chi connectivity index (χ0) is 9.42. The first-order valence-electron chi connectivity index (χ1n) is 4.35. The second-order valence-corrected chi connectivity index (χ2v) is 3.35. The number of hydrogen-bond acceptors (Lipinski definition) is 2. The van der Waals surface area contributed by atoms with Crippen LogP contribution in [0.3, 0.4) is 0 Å². The summed E-state index contributed by atoms with van der Waals surface area (Å²) < 4.78 is 0. The number of hydrogen-bond donors (Lipinski definition) is 2. The fourth-order valence-corrected chi connectivity index (χ4v) is 1.49. The van der Waals surface area contributed by atoms with Gasteiger partial charge >= 0.3 is 0 Å². The van der Waals surface area contributed by atoms with Crippen LogP contribution in [0, 0.1) is 6.92 Å². The summed E-state index contributed by atoms with van der Waals surface area (Å²) in [5.41, 5.74) is 3.07. The van der Waals surface area contributed by atoms with E-state index in [0.717, 1.165) is 16.9 Å². The molecule has 0 radical (unpaired) electrons. The van der Waals surface area contributed by atoms with Gasteiger partial charge in [0.15, 0.2) is 0 Å². The second-order valence-electron chi connectivity index (χ2n) is 3.35. The molecule has 1 heterocycles. The number of aryl methyl sites for hydroxylation is 1. The van der Waals surface area contributed by atoms with Crippen molar-refractivity contribution < 1.29 is 4.79 Å². The molecule has 0 aromatic heterocycles. The largest absolute Gasteiger partial charge is 0.372 e. The van der Waals surface area contributed by atoms with Crippen molar-refractivity contribution in [2.45, 2.75) is 19.9 Å². The lowest BCUT2D eigenvalue weighted by Gasteiger charge is -2.25. The average molecular weight is 176 g/mol. The zero-order valence-electron chi connectivity index (χ0n) is 7.72. The number of fused-ring (bicyclic) bond motifs is 1. The number of benzene rings is 1. The summed E-state index contributed by atoms with van der Waals surface area (Å²) in [5, 5.41) is 6.01. The molecule has 2 N–H and O–H groups in total. The minimum atomic E-state index is -0.145. The van der Waals surface area contributed by atoms with E-state index in [2.05, 4.69) is 10.6 Å². The fraction of sp³-hybridized carbons (Fsp3) is 0.300. The molecule has 0 saturated heterocycles. The van der Waals surface area contributed by atoms with Crippen molar-refractivity contribution in [1.29, 1.82) is 0 Å². The Bertz CT molecular complexity index is 360. The monoisotopic (exact) mass is 176 g/mol. The van der Waals surface area contributed by atoms with Crippen LogP contribution in [-0.2, 0) is 4.79 Å². The molecule has 1 aliphatic rings. The lowest BCUT2D eigenvalue weighted by molar-refractivity contribution is -0.116. The first kappa shape index (κ1) is 8.10. The minimum Gasteiger partial charge on any atom is -0.372 e. The maximum atomic E-state index is 11.3. The number of para-hydroxylation sites is 1. The molecule has 1 amide bonds. The molecule has 0 aliphatic carbocycles. The normalized spacial score (nSPS) is 20.2. The van der Waals surface area contributed by atoms with Crippen molar-refractivity contribution in [1.82, 2.24) is 0 Å². The van der Waals surface area contributed by atoms with Gasteiger partial charge in [-0.2, -0.15) is 0 Å². The molecule has 13 heavy (non-hydrogen) atoms. The number of anilines is 2. The van der Waals surface area contributed by atoms with Gasteiger partial charge in [0, 0.05) is 0 Å². The van der Waals surface area contributed by atoms with Crippen LogP contribution in [0.4, 0.5) is 11.4 Å². The Labute approximate surface area is 77.1 Å². The molecular formula is C10H12N2O. The minimum absolute atomic E-state index is 0.0260. The van der Waals surface area contributed by atoms with Gasteiger partial charge in [-0.05, 0) is 25.5 Å². The molecule has 0 saturated carbocycles. The van der Waals surface area contributed by atoms with Crippen LogP contribution in [0.2, 0.25) is 0 Å². The van der Waals surface area contributed by atoms with Crippen molar-refractivity contribution in [3.05, 3.63) is 23.8 Å². The number of rotatable bonds is 0. The predicted molar refractivity (Wildman–Crippen MR) is 52.9 cm³/mol. The van der Waals surface area contributed by atoms with Crippen molar-refractivity contribution in [3.63, 3.8) is 0 Å². The molecule has 0 fully saturated rings. The van der Waals surface area contributed by atoms with Gasteiger partial charge in [-0.1, -0.05) is 12.1 Å². The standard InChI is InChI=1S/C10H12N2O/c1-6-4-3-5-8-9(6)11-7(2)10(13)12-8/h3-5,7,11H,1-2H3,(H,12,13)/t7-/m0/s1. The Morgan fingerprint density at radius 1 is 1.38 bits per heavy atom. The third-order valence-electron chi connectivity index (χ3n) is 2.28. The van der Waals surface area contributed by atoms with Gasteiger partial charge in [-0.25, -0.2) is 0 Å². The summed E-state index contributed by atoms with van der Waals surface area (Å²) in [6, 6.07) is 5.72. The van der Waals surface area contributed by atoms with E-state index in [1.807, 2.05) is 32.0 Å². The molecule has 3 nitrogen and oxygen atoms in total. The van der Waals surface area contributed by atoms with Gasteiger partial charge in [0.1, 0.15) is 6.04 Å².